The third kappa shape index (κ3) is 2.09. The van der Waals surface area contributed by atoms with Crippen molar-refractivity contribution in [2.45, 2.75) is 39.7 Å². The molecule has 0 spiro atoms. The lowest BCUT2D eigenvalue weighted by molar-refractivity contribution is 0.393. The van der Waals surface area contributed by atoms with Crippen LogP contribution in [0.5, 0.6) is 0 Å². The standard InChI is InChI=1S/C15H20N4O2/c1-4-15(5-2)6-10(15)8-19-9-17-12-11(13(19)20)7-16-14(21)18(12)3/h7,9-10H,4-6,8H2,1-3H3/t10-/m1/s1. The monoisotopic (exact) mass is 288 g/mol. The van der Waals surface area contributed by atoms with Gasteiger partial charge < -0.3 is 0 Å². The zero-order chi connectivity index (χ0) is 15.2. The third-order valence-electron chi connectivity index (χ3n) is 5.14. The summed E-state index contributed by atoms with van der Waals surface area (Å²) < 4.78 is 2.97. The molecule has 0 N–H and O–H groups in total. The van der Waals surface area contributed by atoms with Gasteiger partial charge in [0.25, 0.3) is 5.56 Å². The van der Waals surface area contributed by atoms with Crippen molar-refractivity contribution >= 4 is 11.0 Å². The van der Waals surface area contributed by atoms with Gasteiger partial charge in [-0.1, -0.05) is 26.7 Å². The van der Waals surface area contributed by atoms with Gasteiger partial charge in [0.15, 0.2) is 5.65 Å². The predicted molar refractivity (Wildman–Crippen MR) is 80.2 cm³/mol. The maximum atomic E-state index is 12.5. The van der Waals surface area contributed by atoms with Gasteiger partial charge in [-0.2, -0.15) is 0 Å². The van der Waals surface area contributed by atoms with Crippen molar-refractivity contribution in [3.63, 3.8) is 0 Å². The molecule has 1 aliphatic rings. The van der Waals surface area contributed by atoms with Gasteiger partial charge in [-0.25, -0.2) is 14.8 Å². The molecule has 1 atom stereocenters. The zero-order valence-corrected chi connectivity index (χ0v) is 12.7. The van der Waals surface area contributed by atoms with Crippen LogP contribution in [0, 0.1) is 11.3 Å². The van der Waals surface area contributed by atoms with Crippen LogP contribution in [0.4, 0.5) is 0 Å². The highest BCUT2D eigenvalue weighted by Gasteiger charge is 2.50. The molecule has 0 amide bonds. The van der Waals surface area contributed by atoms with Crippen molar-refractivity contribution < 1.29 is 0 Å². The van der Waals surface area contributed by atoms with Crippen molar-refractivity contribution in [1.82, 2.24) is 19.1 Å². The molecule has 2 aromatic rings. The molecule has 0 radical (unpaired) electrons. The fourth-order valence-electron chi connectivity index (χ4n) is 3.35. The van der Waals surface area contributed by atoms with Gasteiger partial charge in [0.05, 0.1) is 6.33 Å². The molecule has 1 fully saturated rings. The van der Waals surface area contributed by atoms with E-state index in [-0.39, 0.29) is 5.56 Å². The molecule has 1 aliphatic carbocycles. The number of nitrogens with zero attached hydrogens (tertiary/aromatic N) is 4. The van der Waals surface area contributed by atoms with E-state index in [1.807, 2.05) is 0 Å². The minimum absolute atomic E-state index is 0.115. The van der Waals surface area contributed by atoms with Crippen molar-refractivity contribution in [1.29, 1.82) is 0 Å². The van der Waals surface area contributed by atoms with Crippen molar-refractivity contribution in [2.75, 3.05) is 0 Å². The van der Waals surface area contributed by atoms with Crippen molar-refractivity contribution in [3.8, 4) is 0 Å². The van der Waals surface area contributed by atoms with E-state index in [1.54, 1.807) is 17.9 Å². The number of hydrogen-bond acceptors (Lipinski definition) is 4. The largest absolute Gasteiger partial charge is 0.348 e. The van der Waals surface area contributed by atoms with Crippen LogP contribution in [0.1, 0.15) is 33.1 Å². The molecule has 112 valence electrons. The van der Waals surface area contributed by atoms with Crippen LogP contribution in [0.3, 0.4) is 0 Å². The lowest BCUT2D eigenvalue weighted by Crippen LogP contribution is -2.27. The van der Waals surface area contributed by atoms with E-state index >= 15 is 0 Å². The smallest absolute Gasteiger partial charge is 0.298 e. The van der Waals surface area contributed by atoms with Gasteiger partial charge in [0, 0.05) is 19.8 Å². The Morgan fingerprint density at radius 2 is 2.00 bits per heavy atom. The summed E-state index contributed by atoms with van der Waals surface area (Å²) in [4.78, 5) is 32.0. The van der Waals surface area contributed by atoms with Crippen LogP contribution >= 0.6 is 0 Å². The summed E-state index contributed by atoms with van der Waals surface area (Å²) in [6.07, 6.45) is 6.37. The van der Waals surface area contributed by atoms with E-state index in [0.717, 1.165) is 12.8 Å². The first-order valence-electron chi connectivity index (χ1n) is 7.43. The summed E-state index contributed by atoms with van der Waals surface area (Å²) in [7, 11) is 1.58. The minimum atomic E-state index is -0.398. The molecule has 0 saturated heterocycles. The molecule has 0 aromatic carbocycles. The molecule has 6 heteroatoms. The fraction of sp³-hybridized carbons (Fsp3) is 0.600. The Morgan fingerprint density at radius 1 is 1.29 bits per heavy atom. The number of hydrogen-bond donors (Lipinski definition) is 0. The highest BCUT2D eigenvalue weighted by atomic mass is 16.1. The van der Waals surface area contributed by atoms with Crippen LogP contribution in [-0.2, 0) is 13.6 Å². The van der Waals surface area contributed by atoms with Gasteiger partial charge >= 0.3 is 5.69 Å². The number of aromatic nitrogens is 4. The zero-order valence-electron chi connectivity index (χ0n) is 12.7. The van der Waals surface area contributed by atoms with Crippen LogP contribution in [0.15, 0.2) is 22.1 Å². The summed E-state index contributed by atoms with van der Waals surface area (Å²) in [6.45, 7) is 5.13. The maximum Gasteiger partial charge on any atom is 0.348 e. The van der Waals surface area contributed by atoms with Gasteiger partial charge in [-0.15, -0.1) is 0 Å². The predicted octanol–water partition coefficient (Wildman–Crippen LogP) is 1.32. The lowest BCUT2D eigenvalue weighted by atomic mass is 9.97. The van der Waals surface area contributed by atoms with E-state index in [1.165, 1.54) is 17.2 Å². The third-order valence-corrected chi connectivity index (χ3v) is 5.14. The molecular weight excluding hydrogens is 268 g/mol. The van der Waals surface area contributed by atoms with E-state index in [2.05, 4.69) is 23.8 Å². The average molecular weight is 288 g/mol. The topological polar surface area (TPSA) is 69.8 Å². The highest BCUT2D eigenvalue weighted by molar-refractivity contribution is 5.72. The second-order valence-corrected chi connectivity index (χ2v) is 6.01. The Balaban J connectivity index is 1.99. The van der Waals surface area contributed by atoms with Crippen LogP contribution in [0.2, 0.25) is 0 Å². The highest BCUT2D eigenvalue weighted by Crippen LogP contribution is 2.58. The Hall–Kier alpha value is -1.98. The van der Waals surface area contributed by atoms with Gasteiger partial charge in [-0.3, -0.25) is 13.9 Å². The number of fused-ring (bicyclic) bond motifs is 1. The molecule has 0 bridgehead atoms. The van der Waals surface area contributed by atoms with Gasteiger partial charge in [0.2, 0.25) is 0 Å². The SMILES string of the molecule is CCC1(CC)C[C@@H]1Cn1cnc2c(cnc(=O)n2C)c1=O. The molecule has 2 heterocycles. The quantitative estimate of drug-likeness (QED) is 0.850. The Labute approximate surface area is 122 Å². The second kappa shape index (κ2) is 4.79. The van der Waals surface area contributed by atoms with E-state index in [0.29, 0.717) is 28.9 Å². The molecule has 0 unspecified atom stereocenters. The Bertz CT molecular complexity index is 801. The molecule has 2 aromatic heterocycles. The molecule has 0 aliphatic heterocycles. The van der Waals surface area contributed by atoms with Crippen molar-refractivity contribution in [2.24, 2.45) is 18.4 Å². The normalized spacial score (nSPS) is 19.9. The average Bonchev–Trinajstić information content (AvgIpc) is 3.19. The number of aryl methyl sites for hydroxylation is 1. The maximum absolute atomic E-state index is 12.5. The summed E-state index contributed by atoms with van der Waals surface area (Å²) in [5, 5.41) is 0.402. The van der Waals surface area contributed by atoms with Crippen LogP contribution in [-0.4, -0.2) is 19.1 Å². The molecule has 1 saturated carbocycles. The summed E-state index contributed by atoms with van der Waals surface area (Å²) in [6, 6.07) is 0. The summed E-state index contributed by atoms with van der Waals surface area (Å²) >= 11 is 0. The van der Waals surface area contributed by atoms with Crippen molar-refractivity contribution in [3.05, 3.63) is 33.4 Å². The lowest BCUT2D eigenvalue weighted by Gasteiger charge is -2.13. The first-order chi connectivity index (χ1) is 10.0. The summed E-state index contributed by atoms with van der Waals surface area (Å²) in [5.74, 6) is 0.546. The van der Waals surface area contributed by atoms with Gasteiger partial charge in [0.1, 0.15) is 5.39 Å². The first-order valence-corrected chi connectivity index (χ1v) is 7.43. The molecule has 6 nitrogen and oxygen atoms in total. The number of rotatable bonds is 4. The van der Waals surface area contributed by atoms with Crippen LogP contribution < -0.4 is 11.2 Å². The molecular formula is C15H20N4O2. The van der Waals surface area contributed by atoms with E-state index in [9.17, 15) is 9.59 Å². The first kappa shape index (κ1) is 14.0. The fourth-order valence-corrected chi connectivity index (χ4v) is 3.35. The second-order valence-electron chi connectivity index (χ2n) is 6.01. The Kier molecular flexibility index (Phi) is 3.19. The van der Waals surface area contributed by atoms with Crippen LogP contribution in [0.25, 0.3) is 11.0 Å². The van der Waals surface area contributed by atoms with E-state index < -0.39 is 5.69 Å². The van der Waals surface area contributed by atoms with E-state index in [4.69, 9.17) is 0 Å². The Morgan fingerprint density at radius 3 is 2.62 bits per heavy atom. The molecule has 3 rings (SSSR count). The minimum Gasteiger partial charge on any atom is -0.298 e. The van der Waals surface area contributed by atoms with Gasteiger partial charge in [-0.05, 0) is 17.8 Å². The molecule has 21 heavy (non-hydrogen) atoms. The summed E-state index contributed by atoms with van der Waals surface area (Å²) in [5.41, 5.74) is 0.279.